The van der Waals surface area contributed by atoms with E-state index in [9.17, 15) is 4.79 Å². The lowest BCUT2D eigenvalue weighted by Crippen LogP contribution is -2.38. The Labute approximate surface area is 101 Å². The van der Waals surface area contributed by atoms with Gasteiger partial charge in [0.1, 0.15) is 5.75 Å². The number of benzene rings is 1. The molecule has 92 valence electrons. The number of rotatable bonds is 3. The first kappa shape index (κ1) is 11.8. The van der Waals surface area contributed by atoms with Gasteiger partial charge >= 0.3 is 0 Å². The van der Waals surface area contributed by atoms with Gasteiger partial charge < -0.3 is 15.4 Å². The number of carbonyl (C=O) groups excluding carboxylic acids is 1. The van der Waals surface area contributed by atoms with Gasteiger partial charge in [-0.15, -0.1) is 0 Å². The standard InChI is InChI=1S/C13H18N2O2/c1-17-12-4-2-11(3-5-12)15-8-6-10(7-9-15)13(14)16/h2-5,10H,6-9H2,1H3,(H2,14,16). The predicted octanol–water partition coefficient (Wildman–Crippen LogP) is 1.40. The van der Waals surface area contributed by atoms with E-state index >= 15 is 0 Å². The van der Waals surface area contributed by atoms with E-state index < -0.39 is 0 Å². The maximum absolute atomic E-state index is 11.1. The molecule has 2 N–H and O–H groups in total. The molecule has 1 aromatic carbocycles. The molecule has 4 heteroatoms. The summed E-state index contributed by atoms with van der Waals surface area (Å²) in [5.74, 6) is 0.740. The Morgan fingerprint density at radius 1 is 1.29 bits per heavy atom. The highest BCUT2D eigenvalue weighted by Gasteiger charge is 2.22. The fourth-order valence-corrected chi connectivity index (χ4v) is 2.22. The summed E-state index contributed by atoms with van der Waals surface area (Å²) in [5, 5.41) is 0. The number of anilines is 1. The summed E-state index contributed by atoms with van der Waals surface area (Å²) < 4.78 is 5.13. The van der Waals surface area contributed by atoms with E-state index in [1.54, 1.807) is 7.11 Å². The summed E-state index contributed by atoms with van der Waals surface area (Å²) in [6.45, 7) is 1.78. The van der Waals surface area contributed by atoms with Crippen molar-refractivity contribution in [2.45, 2.75) is 12.8 Å². The topological polar surface area (TPSA) is 55.6 Å². The minimum atomic E-state index is -0.167. The Balaban J connectivity index is 1.97. The smallest absolute Gasteiger partial charge is 0.220 e. The minimum absolute atomic E-state index is 0.0458. The summed E-state index contributed by atoms with van der Waals surface area (Å²) >= 11 is 0. The number of hydrogen-bond acceptors (Lipinski definition) is 3. The third kappa shape index (κ3) is 2.70. The third-order valence-corrected chi connectivity index (χ3v) is 3.33. The molecule has 0 aliphatic carbocycles. The number of nitrogens with zero attached hydrogens (tertiary/aromatic N) is 1. The summed E-state index contributed by atoms with van der Waals surface area (Å²) in [5.41, 5.74) is 6.49. The number of piperidine rings is 1. The summed E-state index contributed by atoms with van der Waals surface area (Å²) in [7, 11) is 1.66. The van der Waals surface area contributed by atoms with Crippen LogP contribution in [0.3, 0.4) is 0 Å². The average Bonchev–Trinajstić information content (AvgIpc) is 2.39. The zero-order valence-electron chi connectivity index (χ0n) is 10.1. The van der Waals surface area contributed by atoms with Crippen molar-refractivity contribution in [1.82, 2.24) is 0 Å². The highest BCUT2D eigenvalue weighted by Crippen LogP contribution is 2.24. The van der Waals surface area contributed by atoms with Gasteiger partial charge in [0.25, 0.3) is 0 Å². The Morgan fingerprint density at radius 3 is 2.35 bits per heavy atom. The van der Waals surface area contributed by atoms with Crippen LogP contribution in [-0.4, -0.2) is 26.1 Å². The van der Waals surface area contributed by atoms with Gasteiger partial charge in [-0.05, 0) is 37.1 Å². The molecule has 0 radical (unpaired) electrons. The first-order valence-electron chi connectivity index (χ1n) is 5.89. The lowest BCUT2D eigenvalue weighted by Gasteiger charge is -2.32. The van der Waals surface area contributed by atoms with Crippen molar-refractivity contribution in [3.63, 3.8) is 0 Å². The van der Waals surface area contributed by atoms with Crippen LogP contribution in [0.15, 0.2) is 24.3 Å². The van der Waals surface area contributed by atoms with E-state index in [0.29, 0.717) is 0 Å². The zero-order chi connectivity index (χ0) is 12.3. The Hall–Kier alpha value is -1.71. The van der Waals surface area contributed by atoms with Gasteiger partial charge in [-0.2, -0.15) is 0 Å². The van der Waals surface area contributed by atoms with Crippen LogP contribution in [0.25, 0.3) is 0 Å². The molecule has 1 aliphatic heterocycles. The monoisotopic (exact) mass is 234 g/mol. The molecule has 0 saturated carbocycles. The van der Waals surface area contributed by atoms with E-state index in [4.69, 9.17) is 10.5 Å². The van der Waals surface area contributed by atoms with E-state index in [-0.39, 0.29) is 11.8 Å². The average molecular weight is 234 g/mol. The zero-order valence-corrected chi connectivity index (χ0v) is 10.1. The molecule has 0 atom stereocenters. The van der Waals surface area contributed by atoms with Crippen LogP contribution in [0.2, 0.25) is 0 Å². The maximum atomic E-state index is 11.1. The number of methoxy groups -OCH3 is 1. The van der Waals surface area contributed by atoms with Crippen LogP contribution in [0.1, 0.15) is 12.8 Å². The molecule has 1 heterocycles. The molecule has 0 aromatic heterocycles. The minimum Gasteiger partial charge on any atom is -0.497 e. The number of amides is 1. The summed E-state index contributed by atoms with van der Waals surface area (Å²) in [6, 6.07) is 8.00. The van der Waals surface area contributed by atoms with Gasteiger partial charge in [0.15, 0.2) is 0 Å². The summed E-state index contributed by atoms with van der Waals surface area (Å²) in [6.07, 6.45) is 1.70. The van der Waals surface area contributed by atoms with E-state index in [2.05, 4.69) is 4.90 Å². The number of primary amides is 1. The van der Waals surface area contributed by atoms with Crippen molar-refractivity contribution >= 4 is 11.6 Å². The molecule has 0 bridgehead atoms. The van der Waals surface area contributed by atoms with Crippen LogP contribution < -0.4 is 15.4 Å². The SMILES string of the molecule is COc1ccc(N2CCC(C(N)=O)CC2)cc1. The molecular formula is C13H18N2O2. The lowest BCUT2D eigenvalue weighted by molar-refractivity contribution is -0.122. The predicted molar refractivity (Wildman–Crippen MR) is 67.1 cm³/mol. The fourth-order valence-electron chi connectivity index (χ4n) is 2.22. The first-order valence-corrected chi connectivity index (χ1v) is 5.89. The molecular weight excluding hydrogens is 216 g/mol. The number of hydrogen-bond donors (Lipinski definition) is 1. The molecule has 17 heavy (non-hydrogen) atoms. The van der Waals surface area contributed by atoms with Gasteiger partial charge in [-0.25, -0.2) is 0 Å². The maximum Gasteiger partial charge on any atom is 0.220 e. The highest BCUT2D eigenvalue weighted by molar-refractivity contribution is 5.77. The second-order valence-electron chi connectivity index (χ2n) is 4.36. The molecule has 1 aliphatic rings. The van der Waals surface area contributed by atoms with Crippen LogP contribution in [0, 0.1) is 5.92 Å². The normalized spacial score (nSPS) is 16.9. The van der Waals surface area contributed by atoms with Gasteiger partial charge in [0.05, 0.1) is 7.11 Å². The second-order valence-corrected chi connectivity index (χ2v) is 4.36. The van der Waals surface area contributed by atoms with Crippen LogP contribution in [0.4, 0.5) is 5.69 Å². The van der Waals surface area contributed by atoms with E-state index in [0.717, 1.165) is 31.7 Å². The van der Waals surface area contributed by atoms with Crippen molar-refractivity contribution in [2.75, 3.05) is 25.1 Å². The van der Waals surface area contributed by atoms with E-state index in [1.165, 1.54) is 5.69 Å². The lowest BCUT2D eigenvalue weighted by atomic mass is 9.96. The fraction of sp³-hybridized carbons (Fsp3) is 0.462. The van der Waals surface area contributed by atoms with Crippen LogP contribution in [0.5, 0.6) is 5.75 Å². The first-order chi connectivity index (χ1) is 8.20. The van der Waals surface area contributed by atoms with Gasteiger partial charge in [-0.1, -0.05) is 0 Å². The molecule has 1 fully saturated rings. The molecule has 4 nitrogen and oxygen atoms in total. The van der Waals surface area contributed by atoms with Gasteiger partial charge in [-0.3, -0.25) is 4.79 Å². The summed E-state index contributed by atoms with van der Waals surface area (Å²) in [4.78, 5) is 13.3. The Morgan fingerprint density at radius 2 is 1.88 bits per heavy atom. The second kappa shape index (κ2) is 5.08. The van der Waals surface area contributed by atoms with Gasteiger partial charge in [0, 0.05) is 24.7 Å². The molecule has 0 spiro atoms. The Bertz CT molecular complexity index is 381. The largest absolute Gasteiger partial charge is 0.497 e. The number of nitrogens with two attached hydrogens (primary N) is 1. The van der Waals surface area contributed by atoms with Crippen molar-refractivity contribution in [1.29, 1.82) is 0 Å². The van der Waals surface area contributed by atoms with Crippen molar-refractivity contribution < 1.29 is 9.53 Å². The Kier molecular flexibility index (Phi) is 3.52. The van der Waals surface area contributed by atoms with E-state index in [1.807, 2.05) is 24.3 Å². The number of ether oxygens (including phenoxy) is 1. The molecule has 1 saturated heterocycles. The van der Waals surface area contributed by atoms with Gasteiger partial charge in [0.2, 0.25) is 5.91 Å². The third-order valence-electron chi connectivity index (χ3n) is 3.33. The quantitative estimate of drug-likeness (QED) is 0.860. The highest BCUT2D eigenvalue weighted by atomic mass is 16.5. The molecule has 0 unspecified atom stereocenters. The van der Waals surface area contributed by atoms with Crippen molar-refractivity contribution in [3.05, 3.63) is 24.3 Å². The van der Waals surface area contributed by atoms with Crippen LogP contribution >= 0.6 is 0 Å². The molecule has 2 rings (SSSR count). The molecule has 1 aromatic rings. The van der Waals surface area contributed by atoms with Crippen molar-refractivity contribution in [2.24, 2.45) is 11.7 Å². The number of carbonyl (C=O) groups is 1. The molecule has 1 amide bonds. The van der Waals surface area contributed by atoms with Crippen molar-refractivity contribution in [3.8, 4) is 5.75 Å². The van der Waals surface area contributed by atoms with Crippen LogP contribution in [-0.2, 0) is 4.79 Å².